The van der Waals surface area contributed by atoms with Gasteiger partial charge in [-0.1, -0.05) is 66.8 Å². The number of hydrogen-bond acceptors (Lipinski definition) is 9. The number of Topliss-reactive ketones (excluding diaryl/α,β-unsaturated/α-hetero) is 1. The Balaban J connectivity index is 1.46. The fourth-order valence-electron chi connectivity index (χ4n) is 5.41. The Morgan fingerprint density at radius 1 is 0.872 bits per heavy atom. The topological polar surface area (TPSA) is 107 Å². The van der Waals surface area contributed by atoms with E-state index in [4.69, 9.17) is 23.9 Å². The largest absolute Gasteiger partial charge is 0.507 e. The van der Waals surface area contributed by atoms with Crippen LogP contribution in [0.25, 0.3) is 16.0 Å². The molecule has 2 heterocycles. The average molecular weight is 651 g/mol. The molecule has 240 valence electrons. The van der Waals surface area contributed by atoms with Gasteiger partial charge < -0.3 is 24.1 Å². The van der Waals surface area contributed by atoms with Gasteiger partial charge in [0.2, 0.25) is 0 Å². The Kier molecular flexibility index (Phi) is 9.40. The number of carbonyl (C=O) groups is 2. The highest BCUT2D eigenvalue weighted by molar-refractivity contribution is 7.22. The Morgan fingerprint density at radius 3 is 2.45 bits per heavy atom. The van der Waals surface area contributed by atoms with E-state index < -0.39 is 17.7 Å². The molecule has 1 aromatic heterocycles. The van der Waals surface area contributed by atoms with E-state index in [1.807, 2.05) is 62.4 Å². The number of amides is 1. The van der Waals surface area contributed by atoms with E-state index in [0.29, 0.717) is 64.6 Å². The molecular formula is C37H34N2O7S. The summed E-state index contributed by atoms with van der Waals surface area (Å²) in [4.78, 5) is 33.8. The van der Waals surface area contributed by atoms with Gasteiger partial charge >= 0.3 is 5.91 Å². The number of anilines is 1. The Labute approximate surface area is 276 Å². The summed E-state index contributed by atoms with van der Waals surface area (Å²) in [6.07, 6.45) is 0.808. The zero-order valence-electron chi connectivity index (χ0n) is 26.3. The first kappa shape index (κ1) is 31.6. The van der Waals surface area contributed by atoms with Crippen molar-refractivity contribution in [3.63, 3.8) is 0 Å². The molecule has 0 aliphatic carbocycles. The number of ketones is 1. The monoisotopic (exact) mass is 650 g/mol. The summed E-state index contributed by atoms with van der Waals surface area (Å²) in [5.74, 6) is 0.161. The second kappa shape index (κ2) is 14.0. The van der Waals surface area contributed by atoms with E-state index in [2.05, 4.69) is 0 Å². The van der Waals surface area contributed by atoms with Gasteiger partial charge in [0.1, 0.15) is 23.9 Å². The van der Waals surface area contributed by atoms with Crippen LogP contribution in [0, 0.1) is 0 Å². The van der Waals surface area contributed by atoms with Crippen molar-refractivity contribution in [2.75, 3.05) is 25.2 Å². The predicted molar refractivity (Wildman–Crippen MR) is 182 cm³/mol. The molecule has 1 atom stereocenters. The third kappa shape index (κ3) is 6.50. The second-order valence-corrected chi connectivity index (χ2v) is 11.8. The first-order chi connectivity index (χ1) is 22.9. The van der Waals surface area contributed by atoms with Gasteiger partial charge in [-0.25, -0.2) is 4.98 Å². The van der Waals surface area contributed by atoms with Crippen molar-refractivity contribution < 1.29 is 33.6 Å². The van der Waals surface area contributed by atoms with E-state index in [-0.39, 0.29) is 11.3 Å². The van der Waals surface area contributed by atoms with Crippen molar-refractivity contribution in [1.82, 2.24) is 4.98 Å². The molecule has 1 amide bonds. The molecule has 4 aromatic carbocycles. The number of aliphatic hydroxyl groups excluding tert-OH is 1. The molecule has 1 unspecified atom stereocenters. The molecule has 1 fully saturated rings. The van der Waals surface area contributed by atoms with Gasteiger partial charge in [-0.2, -0.15) is 0 Å². The molecule has 1 aliphatic heterocycles. The maximum atomic E-state index is 13.9. The van der Waals surface area contributed by atoms with E-state index in [9.17, 15) is 14.7 Å². The van der Waals surface area contributed by atoms with E-state index in [1.165, 1.54) is 23.3 Å². The molecule has 1 aliphatic rings. The van der Waals surface area contributed by atoms with Crippen LogP contribution in [0.4, 0.5) is 5.13 Å². The summed E-state index contributed by atoms with van der Waals surface area (Å²) in [6.45, 7) is 5.22. The van der Waals surface area contributed by atoms with Gasteiger partial charge in [0.05, 0.1) is 42.2 Å². The third-order valence-electron chi connectivity index (χ3n) is 7.63. The molecule has 9 nitrogen and oxygen atoms in total. The van der Waals surface area contributed by atoms with Crippen LogP contribution in [0.5, 0.6) is 23.0 Å². The van der Waals surface area contributed by atoms with Crippen LogP contribution in [0.1, 0.15) is 43.0 Å². The van der Waals surface area contributed by atoms with Crippen LogP contribution in [0.2, 0.25) is 0 Å². The maximum absolute atomic E-state index is 13.9. The fraction of sp³-hybridized carbons (Fsp3) is 0.216. The van der Waals surface area contributed by atoms with Gasteiger partial charge in [-0.15, -0.1) is 0 Å². The molecule has 0 radical (unpaired) electrons. The summed E-state index contributed by atoms with van der Waals surface area (Å²) in [5.41, 5.74) is 2.44. The molecule has 5 aromatic rings. The highest BCUT2D eigenvalue weighted by atomic mass is 32.1. The Bertz CT molecular complexity index is 1950. The van der Waals surface area contributed by atoms with Gasteiger partial charge in [0, 0.05) is 5.56 Å². The molecule has 0 bridgehead atoms. The quantitative estimate of drug-likeness (QED) is 0.0832. The lowest BCUT2D eigenvalue weighted by molar-refractivity contribution is -0.132. The number of benzene rings is 4. The molecule has 10 heteroatoms. The third-order valence-corrected chi connectivity index (χ3v) is 8.65. The molecule has 0 saturated carbocycles. The predicted octanol–water partition coefficient (Wildman–Crippen LogP) is 7.70. The lowest BCUT2D eigenvalue weighted by Gasteiger charge is -2.24. The maximum Gasteiger partial charge on any atom is 0.301 e. The van der Waals surface area contributed by atoms with Gasteiger partial charge in [-0.05, 0) is 66.9 Å². The SMILES string of the molecule is CCCOc1cccc(/C(O)=C2\C(=O)C(=O)N(c3nc4ccc(OCC)cc4s3)C2c2ccc(OCc3ccccc3)c(OC)c2)c1. The van der Waals surface area contributed by atoms with Gasteiger partial charge in [0.15, 0.2) is 16.6 Å². The normalized spacial score (nSPS) is 15.6. The van der Waals surface area contributed by atoms with E-state index >= 15 is 0 Å². The van der Waals surface area contributed by atoms with Crippen molar-refractivity contribution in [2.24, 2.45) is 0 Å². The number of nitrogens with zero attached hydrogens (tertiary/aromatic N) is 2. The molecule has 1 N–H and O–H groups in total. The van der Waals surface area contributed by atoms with E-state index in [0.717, 1.165) is 16.7 Å². The number of ether oxygens (including phenoxy) is 4. The summed E-state index contributed by atoms with van der Waals surface area (Å²) < 4.78 is 24.0. The summed E-state index contributed by atoms with van der Waals surface area (Å²) in [6, 6.07) is 26.3. The van der Waals surface area contributed by atoms with Crippen molar-refractivity contribution in [2.45, 2.75) is 32.9 Å². The first-order valence-electron chi connectivity index (χ1n) is 15.3. The average Bonchev–Trinajstić information content (AvgIpc) is 3.63. The van der Waals surface area contributed by atoms with Crippen LogP contribution in [-0.2, 0) is 16.2 Å². The van der Waals surface area contributed by atoms with Crippen LogP contribution >= 0.6 is 11.3 Å². The van der Waals surface area contributed by atoms with Gasteiger partial charge in [0.25, 0.3) is 5.78 Å². The Morgan fingerprint density at radius 2 is 1.68 bits per heavy atom. The number of rotatable bonds is 12. The van der Waals surface area contributed by atoms with Crippen molar-refractivity contribution in [1.29, 1.82) is 0 Å². The highest BCUT2D eigenvalue weighted by Gasteiger charge is 2.48. The molecule has 6 rings (SSSR count). The smallest absolute Gasteiger partial charge is 0.301 e. The summed E-state index contributed by atoms with van der Waals surface area (Å²) in [7, 11) is 1.52. The summed E-state index contributed by atoms with van der Waals surface area (Å²) >= 11 is 1.26. The Hall–Kier alpha value is -5.35. The molecule has 1 saturated heterocycles. The fourth-order valence-corrected chi connectivity index (χ4v) is 6.44. The molecule has 47 heavy (non-hydrogen) atoms. The molecular weight excluding hydrogens is 616 g/mol. The zero-order valence-corrected chi connectivity index (χ0v) is 27.1. The number of carbonyl (C=O) groups excluding carboxylic acids is 2. The minimum Gasteiger partial charge on any atom is -0.507 e. The number of hydrogen-bond donors (Lipinski definition) is 1. The van der Waals surface area contributed by atoms with Crippen molar-refractivity contribution >= 4 is 44.1 Å². The van der Waals surface area contributed by atoms with Crippen molar-refractivity contribution in [3.05, 3.63) is 113 Å². The van der Waals surface area contributed by atoms with Gasteiger partial charge in [-0.3, -0.25) is 14.5 Å². The minimum atomic E-state index is -1.01. The van der Waals surface area contributed by atoms with Crippen LogP contribution in [0.3, 0.4) is 0 Å². The zero-order chi connectivity index (χ0) is 32.9. The highest BCUT2D eigenvalue weighted by Crippen LogP contribution is 2.46. The first-order valence-corrected chi connectivity index (χ1v) is 16.2. The molecule has 0 spiro atoms. The lowest BCUT2D eigenvalue weighted by atomic mass is 9.95. The number of aromatic nitrogens is 1. The van der Waals surface area contributed by atoms with Crippen LogP contribution in [0.15, 0.2) is 96.6 Å². The van der Waals surface area contributed by atoms with Crippen LogP contribution < -0.4 is 23.8 Å². The lowest BCUT2D eigenvalue weighted by Crippen LogP contribution is -2.29. The standard InChI is InChI=1S/C37H34N2O7S/c1-4-18-45-26-13-9-12-25(19-26)34(40)32-33(24-14-17-29(30(20-24)43-3)46-22-23-10-7-6-8-11-23)39(36(42)35(32)41)37-38-28-16-15-27(44-5-2)21-31(28)47-37/h6-17,19-21,33,40H,4-5,18,22H2,1-3H3/b34-32+. The summed E-state index contributed by atoms with van der Waals surface area (Å²) in [5, 5.41) is 12.0. The number of fused-ring (bicyclic) bond motifs is 1. The second-order valence-electron chi connectivity index (χ2n) is 10.8. The number of methoxy groups -OCH3 is 1. The van der Waals surface area contributed by atoms with E-state index in [1.54, 1.807) is 42.5 Å². The van der Waals surface area contributed by atoms with Crippen LogP contribution in [-0.4, -0.2) is 42.1 Å². The number of aliphatic hydroxyl groups is 1. The van der Waals surface area contributed by atoms with Crippen molar-refractivity contribution in [3.8, 4) is 23.0 Å². The minimum absolute atomic E-state index is 0.0723. The number of thiazole rings is 1.